The van der Waals surface area contributed by atoms with Gasteiger partial charge in [-0.15, -0.1) is 11.3 Å². The molecule has 0 saturated heterocycles. The van der Waals surface area contributed by atoms with Crippen molar-refractivity contribution in [3.8, 4) is 0 Å². The molecule has 84 valence electrons. The van der Waals surface area contributed by atoms with E-state index in [9.17, 15) is 4.79 Å². The molecule has 4 nitrogen and oxygen atoms in total. The van der Waals surface area contributed by atoms with Gasteiger partial charge in [0.1, 0.15) is 0 Å². The molecule has 1 atom stereocenters. The lowest BCUT2D eigenvalue weighted by atomic mass is 10.1. The van der Waals surface area contributed by atoms with Crippen molar-refractivity contribution in [2.45, 2.75) is 12.5 Å². The van der Waals surface area contributed by atoms with Crippen molar-refractivity contribution in [2.75, 3.05) is 20.1 Å². The van der Waals surface area contributed by atoms with Gasteiger partial charge in [0, 0.05) is 31.4 Å². The molecule has 0 spiro atoms. The lowest BCUT2D eigenvalue weighted by Gasteiger charge is -2.20. The second kappa shape index (κ2) is 5.85. The first-order chi connectivity index (χ1) is 7.15. The lowest BCUT2D eigenvalue weighted by molar-refractivity contribution is -0.131. The van der Waals surface area contributed by atoms with Crippen LogP contribution in [0.25, 0.3) is 0 Å². The number of nitrogens with two attached hydrogens (primary N) is 2. The fourth-order valence-corrected chi connectivity index (χ4v) is 2.08. The smallest absolute Gasteiger partial charge is 0.239 e. The number of rotatable bonds is 5. The van der Waals surface area contributed by atoms with E-state index in [1.807, 2.05) is 17.5 Å². The zero-order chi connectivity index (χ0) is 11.3. The van der Waals surface area contributed by atoms with E-state index in [1.54, 1.807) is 23.3 Å². The number of amides is 1. The largest absolute Gasteiger partial charge is 0.343 e. The molecule has 1 aromatic rings. The van der Waals surface area contributed by atoms with Crippen LogP contribution in [0.3, 0.4) is 0 Å². The summed E-state index contributed by atoms with van der Waals surface area (Å²) in [4.78, 5) is 14.4. The number of thiophene rings is 1. The first kappa shape index (κ1) is 12.2. The fourth-order valence-electron chi connectivity index (χ4n) is 1.32. The maximum absolute atomic E-state index is 11.7. The van der Waals surface area contributed by atoms with Gasteiger partial charge in [0.2, 0.25) is 5.91 Å². The molecule has 5 heteroatoms. The Bertz CT molecular complexity index is 300. The van der Waals surface area contributed by atoms with Crippen LogP contribution in [-0.4, -0.2) is 37.0 Å². The Labute approximate surface area is 93.9 Å². The summed E-state index contributed by atoms with van der Waals surface area (Å²) in [5.74, 6) is -0.0474. The molecule has 0 aliphatic rings. The van der Waals surface area contributed by atoms with E-state index < -0.39 is 6.04 Å². The Morgan fingerprint density at radius 1 is 1.67 bits per heavy atom. The van der Waals surface area contributed by atoms with Crippen LogP contribution in [-0.2, 0) is 11.2 Å². The molecule has 1 unspecified atom stereocenters. The van der Waals surface area contributed by atoms with Crippen LogP contribution in [0, 0.1) is 0 Å². The van der Waals surface area contributed by atoms with Crippen LogP contribution < -0.4 is 11.5 Å². The highest BCUT2D eigenvalue weighted by Gasteiger charge is 2.17. The summed E-state index contributed by atoms with van der Waals surface area (Å²) in [5.41, 5.74) is 11.2. The molecule has 1 heterocycles. The van der Waals surface area contributed by atoms with Crippen molar-refractivity contribution >= 4 is 17.2 Å². The van der Waals surface area contributed by atoms with Gasteiger partial charge >= 0.3 is 0 Å². The maximum Gasteiger partial charge on any atom is 0.239 e. The van der Waals surface area contributed by atoms with Crippen molar-refractivity contribution in [3.63, 3.8) is 0 Å². The number of carbonyl (C=O) groups is 1. The molecule has 0 bridgehead atoms. The summed E-state index contributed by atoms with van der Waals surface area (Å²) in [5, 5.41) is 1.98. The molecular weight excluding hydrogens is 210 g/mol. The molecule has 0 fully saturated rings. The SMILES string of the molecule is CN(CCN)C(=O)C(N)Cc1cccs1. The van der Waals surface area contributed by atoms with Gasteiger partial charge in [0.15, 0.2) is 0 Å². The Morgan fingerprint density at radius 2 is 2.40 bits per heavy atom. The molecule has 0 aromatic carbocycles. The third-order valence-electron chi connectivity index (χ3n) is 2.16. The molecular formula is C10H17N3OS. The third-order valence-corrected chi connectivity index (χ3v) is 3.06. The minimum atomic E-state index is -0.458. The molecule has 0 aliphatic carbocycles. The first-order valence-corrected chi connectivity index (χ1v) is 5.76. The number of hydrogen-bond acceptors (Lipinski definition) is 4. The summed E-state index contributed by atoms with van der Waals surface area (Å²) in [6.45, 7) is 1.02. The Hall–Kier alpha value is -0.910. The van der Waals surface area contributed by atoms with Gasteiger partial charge in [-0.1, -0.05) is 6.07 Å². The molecule has 0 aliphatic heterocycles. The van der Waals surface area contributed by atoms with E-state index in [0.29, 0.717) is 19.5 Å². The summed E-state index contributed by atoms with van der Waals surface area (Å²) in [6, 6.07) is 3.49. The summed E-state index contributed by atoms with van der Waals surface area (Å²) in [6.07, 6.45) is 0.603. The Balaban J connectivity index is 2.46. The maximum atomic E-state index is 11.7. The normalized spacial score (nSPS) is 12.5. The van der Waals surface area contributed by atoms with Crippen molar-refractivity contribution in [2.24, 2.45) is 11.5 Å². The Morgan fingerprint density at radius 3 is 2.93 bits per heavy atom. The van der Waals surface area contributed by atoms with E-state index in [0.717, 1.165) is 4.88 Å². The van der Waals surface area contributed by atoms with Crippen LogP contribution >= 0.6 is 11.3 Å². The van der Waals surface area contributed by atoms with Crippen LogP contribution in [0.2, 0.25) is 0 Å². The van der Waals surface area contributed by atoms with Crippen LogP contribution in [0.1, 0.15) is 4.88 Å². The van der Waals surface area contributed by atoms with Gasteiger partial charge in [-0.05, 0) is 11.4 Å². The van der Waals surface area contributed by atoms with E-state index in [-0.39, 0.29) is 5.91 Å². The zero-order valence-electron chi connectivity index (χ0n) is 8.85. The third kappa shape index (κ3) is 3.62. The molecule has 15 heavy (non-hydrogen) atoms. The van der Waals surface area contributed by atoms with E-state index in [2.05, 4.69) is 0 Å². The van der Waals surface area contributed by atoms with Gasteiger partial charge in [-0.2, -0.15) is 0 Å². The monoisotopic (exact) mass is 227 g/mol. The molecule has 1 aromatic heterocycles. The van der Waals surface area contributed by atoms with E-state index in [1.165, 1.54) is 0 Å². The van der Waals surface area contributed by atoms with Gasteiger partial charge in [-0.25, -0.2) is 0 Å². The number of carbonyl (C=O) groups excluding carboxylic acids is 1. The summed E-state index contributed by atoms with van der Waals surface area (Å²) >= 11 is 1.62. The molecule has 0 radical (unpaired) electrons. The zero-order valence-corrected chi connectivity index (χ0v) is 9.67. The second-order valence-electron chi connectivity index (χ2n) is 3.44. The minimum Gasteiger partial charge on any atom is -0.343 e. The van der Waals surface area contributed by atoms with Crippen LogP contribution in [0.4, 0.5) is 0 Å². The van der Waals surface area contributed by atoms with E-state index in [4.69, 9.17) is 11.5 Å². The number of hydrogen-bond donors (Lipinski definition) is 2. The molecule has 0 saturated carbocycles. The van der Waals surface area contributed by atoms with Gasteiger partial charge in [-0.3, -0.25) is 4.79 Å². The van der Waals surface area contributed by atoms with Gasteiger partial charge < -0.3 is 16.4 Å². The average Bonchev–Trinajstić information content (AvgIpc) is 2.69. The first-order valence-electron chi connectivity index (χ1n) is 4.88. The minimum absolute atomic E-state index is 0.0474. The molecule has 4 N–H and O–H groups in total. The molecule has 1 rings (SSSR count). The van der Waals surface area contributed by atoms with Gasteiger partial charge in [0.25, 0.3) is 0 Å². The Kier molecular flexibility index (Phi) is 4.74. The van der Waals surface area contributed by atoms with Crippen LogP contribution in [0.5, 0.6) is 0 Å². The standard InChI is InChI=1S/C10H17N3OS/c1-13(5-4-11)10(14)9(12)7-8-3-2-6-15-8/h2-3,6,9H,4-5,7,11-12H2,1H3. The number of nitrogens with zero attached hydrogens (tertiary/aromatic N) is 1. The summed E-state index contributed by atoms with van der Waals surface area (Å²) < 4.78 is 0. The highest BCUT2D eigenvalue weighted by molar-refractivity contribution is 7.09. The summed E-state index contributed by atoms with van der Waals surface area (Å²) in [7, 11) is 1.73. The lowest BCUT2D eigenvalue weighted by Crippen LogP contribution is -2.44. The van der Waals surface area contributed by atoms with Crippen molar-refractivity contribution in [3.05, 3.63) is 22.4 Å². The number of likely N-dealkylation sites (N-methyl/N-ethyl adjacent to an activating group) is 1. The van der Waals surface area contributed by atoms with Crippen molar-refractivity contribution in [1.82, 2.24) is 4.90 Å². The quantitative estimate of drug-likeness (QED) is 0.745. The van der Waals surface area contributed by atoms with E-state index >= 15 is 0 Å². The second-order valence-corrected chi connectivity index (χ2v) is 4.47. The van der Waals surface area contributed by atoms with Crippen molar-refractivity contribution in [1.29, 1.82) is 0 Å². The predicted molar refractivity (Wildman–Crippen MR) is 62.7 cm³/mol. The highest BCUT2D eigenvalue weighted by atomic mass is 32.1. The highest BCUT2D eigenvalue weighted by Crippen LogP contribution is 2.11. The average molecular weight is 227 g/mol. The molecule has 1 amide bonds. The van der Waals surface area contributed by atoms with Gasteiger partial charge in [0.05, 0.1) is 6.04 Å². The topological polar surface area (TPSA) is 72.3 Å². The predicted octanol–water partition coefficient (Wildman–Crippen LogP) is 0.0350. The fraction of sp³-hybridized carbons (Fsp3) is 0.500. The van der Waals surface area contributed by atoms with Crippen molar-refractivity contribution < 1.29 is 4.79 Å². The van der Waals surface area contributed by atoms with Crippen LogP contribution in [0.15, 0.2) is 17.5 Å².